The lowest BCUT2D eigenvalue weighted by molar-refractivity contribution is -0.384. The molecule has 2 atom stereocenters. The summed E-state index contributed by atoms with van der Waals surface area (Å²) in [6, 6.07) is 6.02. The monoisotopic (exact) mass is 412 g/mol. The van der Waals surface area contributed by atoms with Gasteiger partial charge in [0.25, 0.3) is 5.69 Å². The Morgan fingerprint density at radius 3 is 2.70 bits per heavy atom. The summed E-state index contributed by atoms with van der Waals surface area (Å²) in [6.45, 7) is 2.63. The summed E-state index contributed by atoms with van der Waals surface area (Å²) in [5.41, 5.74) is 3.01. The Balaban J connectivity index is 1.69. The Morgan fingerprint density at radius 2 is 2.03 bits per heavy atom. The lowest BCUT2D eigenvalue weighted by Gasteiger charge is -2.34. The van der Waals surface area contributed by atoms with Crippen molar-refractivity contribution in [1.82, 2.24) is 5.32 Å². The number of ether oxygens (including phenoxy) is 2. The first-order valence-electron chi connectivity index (χ1n) is 10.2. The molecule has 0 amide bonds. The second-order valence-corrected chi connectivity index (χ2v) is 7.85. The van der Waals surface area contributed by atoms with Crippen LogP contribution in [0.25, 0.3) is 0 Å². The molecule has 1 saturated heterocycles. The fourth-order valence-corrected chi connectivity index (χ4v) is 4.40. The number of dihydropyridines is 1. The number of Topliss-reactive ketones (excluding diaryl/α,β-unsaturated/α-hetero) is 1. The molecular formula is C22H24N2O6. The van der Waals surface area contributed by atoms with Crippen molar-refractivity contribution in [1.29, 1.82) is 0 Å². The maximum Gasteiger partial charge on any atom is 0.336 e. The van der Waals surface area contributed by atoms with Crippen LogP contribution < -0.4 is 5.32 Å². The first-order chi connectivity index (χ1) is 14.5. The number of carbonyl (C=O) groups is 2. The summed E-state index contributed by atoms with van der Waals surface area (Å²) >= 11 is 0. The third-order valence-electron chi connectivity index (χ3n) is 5.86. The quantitative estimate of drug-likeness (QED) is 0.449. The van der Waals surface area contributed by atoms with Crippen molar-refractivity contribution in [3.05, 3.63) is 62.5 Å². The molecule has 30 heavy (non-hydrogen) atoms. The Labute approximate surface area is 174 Å². The maximum atomic E-state index is 13.1. The lowest BCUT2D eigenvalue weighted by Crippen LogP contribution is -2.35. The smallest absolute Gasteiger partial charge is 0.336 e. The molecule has 2 aliphatic heterocycles. The highest BCUT2D eigenvalue weighted by atomic mass is 16.6. The van der Waals surface area contributed by atoms with Gasteiger partial charge in [0.1, 0.15) is 6.61 Å². The van der Waals surface area contributed by atoms with Crippen LogP contribution in [0.3, 0.4) is 0 Å². The molecule has 0 aromatic heterocycles. The van der Waals surface area contributed by atoms with Gasteiger partial charge in [-0.2, -0.15) is 0 Å². The van der Waals surface area contributed by atoms with Crippen LogP contribution in [0.15, 0.2) is 46.8 Å². The molecule has 8 heteroatoms. The van der Waals surface area contributed by atoms with E-state index in [-0.39, 0.29) is 24.2 Å². The third-order valence-corrected chi connectivity index (χ3v) is 5.86. The van der Waals surface area contributed by atoms with E-state index in [1.54, 1.807) is 19.1 Å². The molecule has 1 N–H and O–H groups in total. The number of allylic oxidation sites excluding steroid dienone is 3. The SMILES string of the molecule is CC1=C(C(=O)OC[C@H]2CCCO2)[C@@H](c2ccc([N+](=O)[O-])cc2)C2=C(CCCC2=O)N1. The predicted octanol–water partition coefficient (Wildman–Crippen LogP) is 3.28. The molecule has 1 aliphatic carbocycles. The fraction of sp³-hybridized carbons (Fsp3) is 0.455. The van der Waals surface area contributed by atoms with Crippen molar-refractivity contribution in [3.8, 4) is 0 Å². The van der Waals surface area contributed by atoms with E-state index in [2.05, 4.69) is 5.32 Å². The van der Waals surface area contributed by atoms with E-state index < -0.39 is 16.8 Å². The Bertz CT molecular complexity index is 941. The molecule has 0 unspecified atom stereocenters. The predicted molar refractivity (Wildman–Crippen MR) is 107 cm³/mol. The van der Waals surface area contributed by atoms with Gasteiger partial charge in [0.05, 0.1) is 16.6 Å². The van der Waals surface area contributed by atoms with Gasteiger partial charge >= 0.3 is 5.97 Å². The largest absolute Gasteiger partial charge is 0.459 e. The Hall–Kier alpha value is -3.00. The standard InChI is InChI=1S/C22H24N2O6/c1-13-19(22(26)30-12-16-4-3-11-29-16)20(14-7-9-15(10-8-14)24(27)28)21-17(23-13)5-2-6-18(21)25/h7-10,16,20,23H,2-6,11-12H2,1H3/t16-,20-/m1/s1. The highest BCUT2D eigenvalue weighted by molar-refractivity contribution is 6.03. The van der Waals surface area contributed by atoms with Gasteiger partial charge in [-0.25, -0.2) is 4.79 Å². The van der Waals surface area contributed by atoms with Crippen LogP contribution in [0.2, 0.25) is 0 Å². The van der Waals surface area contributed by atoms with Gasteiger partial charge in [-0.3, -0.25) is 14.9 Å². The number of esters is 1. The van der Waals surface area contributed by atoms with Crippen molar-refractivity contribution in [2.75, 3.05) is 13.2 Å². The number of nitrogens with one attached hydrogen (secondary N) is 1. The molecule has 4 rings (SSSR count). The van der Waals surface area contributed by atoms with Gasteiger partial charge in [0.15, 0.2) is 5.78 Å². The van der Waals surface area contributed by atoms with E-state index in [1.807, 2.05) is 0 Å². The molecule has 0 saturated carbocycles. The van der Waals surface area contributed by atoms with Crippen LogP contribution >= 0.6 is 0 Å². The topological polar surface area (TPSA) is 108 Å². The van der Waals surface area contributed by atoms with Crippen LogP contribution in [0.5, 0.6) is 0 Å². The number of rotatable bonds is 5. The van der Waals surface area contributed by atoms with E-state index >= 15 is 0 Å². The maximum absolute atomic E-state index is 13.1. The van der Waals surface area contributed by atoms with Gasteiger partial charge in [0, 0.05) is 48.0 Å². The molecule has 1 aromatic rings. The molecule has 0 radical (unpaired) electrons. The molecule has 3 aliphatic rings. The summed E-state index contributed by atoms with van der Waals surface area (Å²) in [5.74, 6) is -1.11. The second kappa shape index (κ2) is 8.39. The van der Waals surface area contributed by atoms with Gasteiger partial charge in [-0.1, -0.05) is 12.1 Å². The number of benzene rings is 1. The number of carbonyl (C=O) groups excluding carboxylic acids is 2. The molecule has 0 bridgehead atoms. The number of ketones is 1. The average molecular weight is 412 g/mol. The summed E-state index contributed by atoms with van der Waals surface area (Å²) in [6.07, 6.45) is 3.59. The summed E-state index contributed by atoms with van der Waals surface area (Å²) in [5, 5.41) is 14.3. The zero-order valence-electron chi connectivity index (χ0n) is 16.8. The highest BCUT2D eigenvalue weighted by Crippen LogP contribution is 2.42. The molecular weight excluding hydrogens is 388 g/mol. The van der Waals surface area contributed by atoms with E-state index in [0.29, 0.717) is 35.4 Å². The number of hydrogen-bond donors (Lipinski definition) is 1. The molecule has 158 valence electrons. The van der Waals surface area contributed by atoms with Crippen molar-refractivity contribution >= 4 is 17.4 Å². The summed E-state index contributed by atoms with van der Waals surface area (Å²) in [4.78, 5) is 36.5. The van der Waals surface area contributed by atoms with Gasteiger partial charge in [-0.05, 0) is 38.2 Å². The number of nitro groups is 1. The zero-order chi connectivity index (χ0) is 21.3. The summed E-state index contributed by atoms with van der Waals surface area (Å²) in [7, 11) is 0. The van der Waals surface area contributed by atoms with Crippen molar-refractivity contribution < 1.29 is 24.0 Å². The van der Waals surface area contributed by atoms with Gasteiger partial charge < -0.3 is 14.8 Å². The normalized spacial score (nSPS) is 23.8. The number of nitro benzene ring substituents is 1. The minimum atomic E-state index is -0.605. The van der Waals surface area contributed by atoms with Crippen LogP contribution in [-0.2, 0) is 19.1 Å². The third kappa shape index (κ3) is 3.87. The lowest BCUT2D eigenvalue weighted by atomic mass is 9.75. The zero-order valence-corrected chi connectivity index (χ0v) is 16.8. The minimum absolute atomic E-state index is 0.0102. The number of non-ortho nitro benzene ring substituents is 1. The molecule has 8 nitrogen and oxygen atoms in total. The molecule has 1 aromatic carbocycles. The molecule has 1 fully saturated rings. The van der Waals surface area contributed by atoms with Crippen molar-refractivity contribution in [2.24, 2.45) is 0 Å². The van der Waals surface area contributed by atoms with Gasteiger partial charge in [0.2, 0.25) is 0 Å². The van der Waals surface area contributed by atoms with Crippen LogP contribution in [-0.4, -0.2) is 36.0 Å². The summed E-state index contributed by atoms with van der Waals surface area (Å²) < 4.78 is 11.1. The van der Waals surface area contributed by atoms with Crippen LogP contribution in [0.4, 0.5) is 5.69 Å². The number of nitrogens with zero attached hydrogens (tertiary/aromatic N) is 1. The van der Waals surface area contributed by atoms with E-state index in [1.165, 1.54) is 12.1 Å². The highest BCUT2D eigenvalue weighted by Gasteiger charge is 2.39. The van der Waals surface area contributed by atoms with Crippen LogP contribution in [0.1, 0.15) is 50.5 Å². The molecule has 0 spiro atoms. The first-order valence-corrected chi connectivity index (χ1v) is 10.2. The van der Waals surface area contributed by atoms with E-state index in [0.717, 1.165) is 31.4 Å². The van der Waals surface area contributed by atoms with Gasteiger partial charge in [-0.15, -0.1) is 0 Å². The van der Waals surface area contributed by atoms with Crippen LogP contribution in [0, 0.1) is 10.1 Å². The first kappa shape index (κ1) is 20.3. The number of hydrogen-bond acceptors (Lipinski definition) is 7. The molecule has 2 heterocycles. The Morgan fingerprint density at radius 1 is 1.27 bits per heavy atom. The minimum Gasteiger partial charge on any atom is -0.459 e. The fourth-order valence-electron chi connectivity index (χ4n) is 4.40. The average Bonchev–Trinajstić information content (AvgIpc) is 3.25. The van der Waals surface area contributed by atoms with E-state index in [9.17, 15) is 19.7 Å². The van der Waals surface area contributed by atoms with Crippen molar-refractivity contribution in [2.45, 2.75) is 51.0 Å². The Kier molecular flexibility index (Phi) is 5.67. The second-order valence-electron chi connectivity index (χ2n) is 7.85. The van der Waals surface area contributed by atoms with Crippen molar-refractivity contribution in [3.63, 3.8) is 0 Å². The van der Waals surface area contributed by atoms with E-state index in [4.69, 9.17) is 9.47 Å².